The van der Waals surface area contributed by atoms with Crippen LogP contribution < -0.4 is 5.32 Å². The van der Waals surface area contributed by atoms with Crippen LogP contribution in [-0.4, -0.2) is 29.7 Å². The molecule has 1 amide bonds. The second-order valence-corrected chi connectivity index (χ2v) is 4.67. The summed E-state index contributed by atoms with van der Waals surface area (Å²) < 4.78 is 12.1. The Morgan fingerprint density at radius 2 is 1.93 bits per heavy atom. The van der Waals surface area contributed by atoms with Crippen molar-refractivity contribution in [2.45, 2.75) is 39.7 Å². The summed E-state index contributed by atoms with van der Waals surface area (Å²) in [7, 11) is 0. The Balaban J connectivity index is 3.98. The van der Waals surface area contributed by atoms with Crippen LogP contribution in [0.4, 0.5) is 4.39 Å². The molecule has 0 aliphatic carbocycles. The summed E-state index contributed by atoms with van der Waals surface area (Å²) in [5.41, 5.74) is 0.00573. The van der Waals surface area contributed by atoms with Gasteiger partial charge in [0.05, 0.1) is 0 Å². The Labute approximate surface area is 88.9 Å². The molecule has 0 saturated heterocycles. The third kappa shape index (κ3) is 6.88. The van der Waals surface area contributed by atoms with E-state index in [0.717, 1.165) is 0 Å². The largest absolute Gasteiger partial charge is 0.480 e. The molecule has 0 aromatic carbocycles. The van der Waals surface area contributed by atoms with Crippen LogP contribution in [0.1, 0.15) is 33.6 Å². The van der Waals surface area contributed by atoms with Crippen LogP contribution in [0.5, 0.6) is 0 Å². The summed E-state index contributed by atoms with van der Waals surface area (Å²) in [6.45, 7) is 4.84. The van der Waals surface area contributed by atoms with Crippen LogP contribution in [0, 0.1) is 5.41 Å². The van der Waals surface area contributed by atoms with Crippen molar-refractivity contribution in [1.82, 2.24) is 5.32 Å². The standard InChI is InChI=1S/C10H18FNO3/c1-10(2,3)5-4-8(13)12-7(6-11)9(14)15/h7H,4-6H2,1-3H3,(H,12,13)(H,14,15). The molecule has 0 rings (SSSR count). The van der Waals surface area contributed by atoms with E-state index in [2.05, 4.69) is 5.32 Å². The number of alkyl halides is 1. The molecular weight excluding hydrogens is 201 g/mol. The van der Waals surface area contributed by atoms with Gasteiger partial charge in [0.25, 0.3) is 0 Å². The Morgan fingerprint density at radius 3 is 2.27 bits per heavy atom. The SMILES string of the molecule is CC(C)(C)CCC(=O)NC(CF)C(=O)O. The minimum absolute atomic E-state index is 0.00573. The first-order chi connectivity index (χ1) is 6.76. The van der Waals surface area contributed by atoms with Crippen LogP contribution in [0.2, 0.25) is 0 Å². The second-order valence-electron chi connectivity index (χ2n) is 4.67. The smallest absolute Gasteiger partial charge is 0.328 e. The van der Waals surface area contributed by atoms with Gasteiger partial charge in [-0.3, -0.25) is 4.79 Å². The predicted molar refractivity (Wildman–Crippen MR) is 54.2 cm³/mol. The molecule has 1 unspecified atom stereocenters. The summed E-state index contributed by atoms with van der Waals surface area (Å²) in [5.74, 6) is -1.77. The lowest BCUT2D eigenvalue weighted by Gasteiger charge is -2.18. The van der Waals surface area contributed by atoms with Gasteiger partial charge in [0, 0.05) is 6.42 Å². The van der Waals surface area contributed by atoms with E-state index < -0.39 is 24.6 Å². The van der Waals surface area contributed by atoms with E-state index in [1.54, 1.807) is 0 Å². The number of hydrogen-bond acceptors (Lipinski definition) is 2. The van der Waals surface area contributed by atoms with Gasteiger partial charge in [0.2, 0.25) is 5.91 Å². The molecule has 15 heavy (non-hydrogen) atoms. The van der Waals surface area contributed by atoms with Crippen LogP contribution in [0.25, 0.3) is 0 Å². The van der Waals surface area contributed by atoms with Gasteiger partial charge in [-0.15, -0.1) is 0 Å². The summed E-state index contributed by atoms with van der Waals surface area (Å²) >= 11 is 0. The first-order valence-electron chi connectivity index (χ1n) is 4.84. The zero-order valence-corrected chi connectivity index (χ0v) is 9.34. The van der Waals surface area contributed by atoms with E-state index in [9.17, 15) is 14.0 Å². The van der Waals surface area contributed by atoms with Gasteiger partial charge in [-0.1, -0.05) is 20.8 Å². The number of carboxylic acids is 1. The Morgan fingerprint density at radius 1 is 1.40 bits per heavy atom. The third-order valence-corrected chi connectivity index (χ3v) is 1.89. The van der Waals surface area contributed by atoms with Gasteiger partial charge in [-0.25, -0.2) is 9.18 Å². The average Bonchev–Trinajstić information content (AvgIpc) is 2.09. The number of carboxylic acid groups (broad SMARTS) is 1. The fourth-order valence-corrected chi connectivity index (χ4v) is 0.921. The lowest BCUT2D eigenvalue weighted by Crippen LogP contribution is -2.42. The van der Waals surface area contributed by atoms with Gasteiger partial charge in [-0.05, 0) is 11.8 Å². The number of aliphatic carboxylic acids is 1. The highest BCUT2D eigenvalue weighted by Gasteiger charge is 2.20. The van der Waals surface area contributed by atoms with Crippen molar-refractivity contribution in [2.24, 2.45) is 5.41 Å². The molecule has 0 aromatic heterocycles. The molecule has 4 nitrogen and oxygen atoms in total. The molecule has 0 aliphatic heterocycles. The van der Waals surface area contributed by atoms with Crippen molar-refractivity contribution < 1.29 is 19.1 Å². The molecule has 0 bridgehead atoms. The molecule has 1 atom stereocenters. The summed E-state index contributed by atoms with van der Waals surface area (Å²) in [4.78, 5) is 21.6. The van der Waals surface area contributed by atoms with Crippen molar-refractivity contribution in [3.8, 4) is 0 Å². The van der Waals surface area contributed by atoms with Crippen molar-refractivity contribution >= 4 is 11.9 Å². The van der Waals surface area contributed by atoms with E-state index in [1.807, 2.05) is 20.8 Å². The maximum Gasteiger partial charge on any atom is 0.328 e. The lowest BCUT2D eigenvalue weighted by molar-refractivity contribution is -0.142. The zero-order valence-electron chi connectivity index (χ0n) is 9.34. The van der Waals surface area contributed by atoms with Gasteiger partial charge in [0.1, 0.15) is 6.67 Å². The van der Waals surface area contributed by atoms with Gasteiger partial charge in [-0.2, -0.15) is 0 Å². The van der Waals surface area contributed by atoms with Crippen molar-refractivity contribution in [3.05, 3.63) is 0 Å². The summed E-state index contributed by atoms with van der Waals surface area (Å²) in [6, 6.07) is -1.42. The molecule has 0 radical (unpaired) electrons. The van der Waals surface area contributed by atoms with Gasteiger partial charge >= 0.3 is 5.97 Å². The van der Waals surface area contributed by atoms with E-state index in [1.165, 1.54) is 0 Å². The quantitative estimate of drug-likeness (QED) is 0.733. The van der Waals surface area contributed by atoms with E-state index >= 15 is 0 Å². The van der Waals surface area contributed by atoms with Crippen LogP contribution >= 0.6 is 0 Å². The molecule has 0 fully saturated rings. The van der Waals surface area contributed by atoms with Crippen LogP contribution in [0.15, 0.2) is 0 Å². The number of halogens is 1. The van der Waals surface area contributed by atoms with Gasteiger partial charge < -0.3 is 10.4 Å². The Bertz CT molecular complexity index is 235. The number of carbonyl (C=O) groups excluding carboxylic acids is 1. The highest BCUT2D eigenvalue weighted by atomic mass is 19.1. The van der Waals surface area contributed by atoms with Crippen LogP contribution in [-0.2, 0) is 9.59 Å². The predicted octanol–water partition coefficient (Wildman–Crippen LogP) is 1.35. The highest BCUT2D eigenvalue weighted by Crippen LogP contribution is 2.20. The number of rotatable bonds is 5. The maximum atomic E-state index is 12.1. The van der Waals surface area contributed by atoms with Crippen molar-refractivity contribution in [3.63, 3.8) is 0 Å². The van der Waals surface area contributed by atoms with E-state index in [4.69, 9.17) is 5.11 Å². The molecular formula is C10H18FNO3. The highest BCUT2D eigenvalue weighted by molar-refractivity contribution is 5.83. The van der Waals surface area contributed by atoms with E-state index in [-0.39, 0.29) is 11.8 Å². The monoisotopic (exact) mass is 219 g/mol. The minimum atomic E-state index is -1.42. The third-order valence-electron chi connectivity index (χ3n) is 1.89. The Hall–Kier alpha value is -1.13. The number of amides is 1. The maximum absolute atomic E-state index is 12.1. The second kappa shape index (κ2) is 5.68. The van der Waals surface area contributed by atoms with Crippen molar-refractivity contribution in [2.75, 3.05) is 6.67 Å². The fraction of sp³-hybridized carbons (Fsp3) is 0.800. The first kappa shape index (κ1) is 13.9. The minimum Gasteiger partial charge on any atom is -0.480 e. The molecule has 88 valence electrons. The van der Waals surface area contributed by atoms with Gasteiger partial charge in [0.15, 0.2) is 6.04 Å². The van der Waals surface area contributed by atoms with E-state index in [0.29, 0.717) is 6.42 Å². The number of carbonyl (C=O) groups is 2. The first-order valence-corrected chi connectivity index (χ1v) is 4.84. The number of nitrogens with one attached hydrogen (secondary N) is 1. The summed E-state index contributed by atoms with van der Waals surface area (Å²) in [6.07, 6.45) is 0.852. The van der Waals surface area contributed by atoms with Crippen LogP contribution in [0.3, 0.4) is 0 Å². The zero-order chi connectivity index (χ0) is 12.1. The average molecular weight is 219 g/mol. The summed E-state index contributed by atoms with van der Waals surface area (Å²) in [5, 5.41) is 10.6. The number of hydrogen-bond donors (Lipinski definition) is 2. The molecule has 0 spiro atoms. The molecule has 0 aromatic rings. The molecule has 0 heterocycles. The normalized spacial score (nSPS) is 13.3. The lowest BCUT2D eigenvalue weighted by atomic mass is 9.90. The molecule has 0 aliphatic rings. The Kier molecular flexibility index (Phi) is 5.25. The molecule has 2 N–H and O–H groups in total. The van der Waals surface area contributed by atoms with Crippen molar-refractivity contribution in [1.29, 1.82) is 0 Å². The fourth-order valence-electron chi connectivity index (χ4n) is 0.921. The molecule has 0 saturated carbocycles. The topological polar surface area (TPSA) is 66.4 Å². The molecule has 5 heteroatoms.